The second-order valence-electron chi connectivity index (χ2n) is 21.6. The minimum absolute atomic E-state index is 0.0255. The fourth-order valence-electron chi connectivity index (χ4n) is 12.5. The normalized spacial score (nSPS) is 22.6. The highest BCUT2D eigenvalue weighted by molar-refractivity contribution is 5.81. The van der Waals surface area contributed by atoms with Crippen molar-refractivity contribution < 1.29 is 34.0 Å². The molecule has 2 spiro atoms. The lowest BCUT2D eigenvalue weighted by molar-refractivity contribution is -0.150. The minimum atomic E-state index is -0.0595. The molecule has 6 fully saturated rings. The van der Waals surface area contributed by atoms with Gasteiger partial charge in [0.25, 0.3) is 0 Å². The predicted molar refractivity (Wildman–Crippen MR) is 273 cm³/mol. The number of fused-ring (bicyclic) bond motifs is 2. The summed E-state index contributed by atoms with van der Waals surface area (Å²) in [7, 11) is 0. The summed E-state index contributed by atoms with van der Waals surface area (Å²) in [4.78, 5) is 38.0. The Balaban J connectivity index is 0.000000157. The van der Waals surface area contributed by atoms with Crippen LogP contribution in [0.15, 0.2) is 60.7 Å². The number of aromatic nitrogens is 2. The largest absolute Gasteiger partial charge is 0.508 e. The molecule has 0 atom stereocenters. The van der Waals surface area contributed by atoms with Crippen LogP contribution < -0.4 is 4.74 Å². The van der Waals surface area contributed by atoms with E-state index in [1.165, 1.54) is 103 Å². The molecular formula is C58H82N4O7. The number of piperidine rings is 2. The van der Waals surface area contributed by atoms with Gasteiger partial charge in [0, 0.05) is 23.9 Å². The summed E-state index contributed by atoms with van der Waals surface area (Å²) in [5, 5.41) is 21.0. The second kappa shape index (κ2) is 24.7. The number of aromatic hydroxyl groups is 1. The highest BCUT2D eigenvalue weighted by Gasteiger charge is 2.37. The molecule has 10 rings (SSSR count). The van der Waals surface area contributed by atoms with E-state index in [1.54, 1.807) is 12.1 Å². The highest BCUT2D eigenvalue weighted by Crippen LogP contribution is 2.49. The monoisotopic (exact) mass is 947 g/mol. The minimum Gasteiger partial charge on any atom is -0.508 e. The van der Waals surface area contributed by atoms with Crippen molar-refractivity contribution in [1.29, 1.82) is 0 Å². The van der Waals surface area contributed by atoms with Crippen molar-refractivity contribution in [2.75, 3.05) is 39.4 Å². The summed E-state index contributed by atoms with van der Waals surface area (Å²) < 4.78 is 16.7. The van der Waals surface area contributed by atoms with Crippen LogP contribution in [0.4, 0.5) is 0 Å². The van der Waals surface area contributed by atoms with E-state index in [1.807, 2.05) is 32.0 Å². The van der Waals surface area contributed by atoms with Gasteiger partial charge in [-0.15, -0.1) is 0 Å². The second-order valence-corrected chi connectivity index (χ2v) is 21.6. The predicted octanol–water partition coefficient (Wildman–Crippen LogP) is 11.9. The number of hydrogen-bond donors (Lipinski definition) is 2. The number of benzene rings is 2. The number of pyridine rings is 2. The maximum Gasteiger partial charge on any atom is 0.309 e. The first-order chi connectivity index (χ1) is 33.6. The SMILES string of the molecule is CCOC(=O)C1CCN(Cc2ccc3cc(O)ccc3n2)CC1.CCOC(=O)C1CCN(Cc2ccc3cc(OC4CCC5(CCCCC5)CC4)ccc3n2)CC1.OC1CCC2(CCCCC2)CC1. The van der Waals surface area contributed by atoms with Crippen molar-refractivity contribution in [2.24, 2.45) is 22.7 Å². The molecule has 4 saturated carbocycles. The van der Waals surface area contributed by atoms with Gasteiger partial charge in [-0.25, -0.2) is 0 Å². The van der Waals surface area contributed by atoms with Crippen LogP contribution in [0.25, 0.3) is 21.8 Å². The summed E-state index contributed by atoms with van der Waals surface area (Å²) >= 11 is 0. The Labute approximate surface area is 412 Å². The standard InChI is InChI=1S/C29H40N2O3.C18H22N2O3.C11H20O/c1-2-33-28(32)22-12-18-31(19-13-22)21-24-7-6-23-20-26(8-9-27(23)30-24)34-25-10-16-29(17-11-25)14-4-3-5-15-29;1-2-23-18(22)13-7-9-20(10-8-13)12-15-4-3-14-11-16(21)5-6-17(14)19-15;12-10-4-8-11(9-5-10)6-2-1-3-7-11/h6-9,20,22,25H,2-5,10-19,21H2,1H3;3-6,11,13,21H,2,7-10,12H2,1H3;10,12H,1-9H2. The number of carbonyl (C=O) groups is 2. The number of carbonyl (C=O) groups excluding carboxylic acids is 2. The van der Waals surface area contributed by atoms with E-state index >= 15 is 0 Å². The summed E-state index contributed by atoms with van der Waals surface area (Å²) in [5.74, 6) is 1.23. The van der Waals surface area contributed by atoms with Crippen LogP contribution in [-0.4, -0.2) is 93.5 Å². The van der Waals surface area contributed by atoms with Crippen LogP contribution in [0.3, 0.4) is 0 Å². The van der Waals surface area contributed by atoms with E-state index in [9.17, 15) is 19.8 Å². The molecule has 0 unspecified atom stereocenters. The number of esters is 2. The van der Waals surface area contributed by atoms with E-state index in [2.05, 4.69) is 45.1 Å². The van der Waals surface area contributed by atoms with Gasteiger partial charge >= 0.3 is 11.9 Å². The molecule has 2 N–H and O–H groups in total. The molecule has 11 heteroatoms. The molecule has 0 amide bonds. The fraction of sp³-hybridized carbons (Fsp3) is 0.655. The summed E-state index contributed by atoms with van der Waals surface area (Å²) in [6.07, 6.45) is 28.0. The highest BCUT2D eigenvalue weighted by atomic mass is 16.5. The molecule has 4 aliphatic carbocycles. The zero-order chi connectivity index (χ0) is 48.1. The Bertz CT molecular complexity index is 2240. The number of likely N-dealkylation sites (tertiary alicyclic amines) is 2. The molecule has 2 aromatic carbocycles. The summed E-state index contributed by atoms with van der Waals surface area (Å²) in [6, 6.07) is 19.9. The molecule has 0 bridgehead atoms. The number of phenolic OH excluding ortho intramolecular Hbond substituents is 1. The number of aliphatic hydroxyl groups is 1. The number of aliphatic hydroxyl groups excluding tert-OH is 1. The Morgan fingerprint density at radius 2 is 1.01 bits per heavy atom. The Morgan fingerprint density at radius 1 is 0.565 bits per heavy atom. The van der Waals surface area contributed by atoms with Crippen LogP contribution in [0.2, 0.25) is 0 Å². The zero-order valence-corrected chi connectivity index (χ0v) is 42.0. The topological polar surface area (TPSA) is 135 Å². The first-order valence-corrected chi connectivity index (χ1v) is 27.2. The Hall–Kier alpha value is -4.32. The van der Waals surface area contributed by atoms with Crippen LogP contribution in [0.5, 0.6) is 11.5 Å². The molecule has 2 aromatic heterocycles. The van der Waals surface area contributed by atoms with Crippen molar-refractivity contribution in [3.63, 3.8) is 0 Å². The molecule has 4 heterocycles. The lowest BCUT2D eigenvalue weighted by atomic mass is 9.65. The Morgan fingerprint density at radius 3 is 1.49 bits per heavy atom. The van der Waals surface area contributed by atoms with Crippen molar-refractivity contribution in [3.05, 3.63) is 72.1 Å². The first kappa shape index (κ1) is 51.0. The van der Waals surface area contributed by atoms with Gasteiger partial charge in [0.1, 0.15) is 11.5 Å². The maximum absolute atomic E-state index is 12.0. The van der Waals surface area contributed by atoms with Crippen molar-refractivity contribution in [2.45, 2.75) is 180 Å². The number of phenols is 1. The van der Waals surface area contributed by atoms with Crippen LogP contribution in [0.1, 0.15) is 166 Å². The zero-order valence-electron chi connectivity index (χ0n) is 42.0. The average molecular weight is 947 g/mol. The van der Waals surface area contributed by atoms with Crippen molar-refractivity contribution >= 4 is 33.7 Å². The molecule has 2 aliphatic heterocycles. The number of ether oxygens (including phenoxy) is 3. The molecular weight excluding hydrogens is 865 g/mol. The third kappa shape index (κ3) is 14.4. The van der Waals surface area contributed by atoms with Crippen molar-refractivity contribution in [1.82, 2.24) is 19.8 Å². The lowest BCUT2D eigenvalue weighted by Gasteiger charge is -2.42. The molecule has 11 nitrogen and oxygen atoms in total. The van der Waals surface area contributed by atoms with Gasteiger partial charge < -0.3 is 24.4 Å². The molecule has 376 valence electrons. The average Bonchev–Trinajstić information content (AvgIpc) is 3.37. The van der Waals surface area contributed by atoms with E-state index in [0.717, 1.165) is 117 Å². The first-order valence-electron chi connectivity index (χ1n) is 27.2. The van der Waals surface area contributed by atoms with Gasteiger partial charge in [0.15, 0.2) is 0 Å². The molecule has 2 saturated heterocycles. The third-order valence-electron chi connectivity index (χ3n) is 16.8. The van der Waals surface area contributed by atoms with Gasteiger partial charge in [0.05, 0.1) is 59.7 Å². The van der Waals surface area contributed by atoms with E-state index < -0.39 is 0 Å². The molecule has 4 aromatic rings. The number of hydrogen-bond acceptors (Lipinski definition) is 11. The summed E-state index contributed by atoms with van der Waals surface area (Å²) in [6.45, 7) is 9.85. The maximum atomic E-state index is 12.0. The summed E-state index contributed by atoms with van der Waals surface area (Å²) in [5.41, 5.74) is 5.32. The number of rotatable bonds is 10. The van der Waals surface area contributed by atoms with Gasteiger partial charge in [-0.3, -0.25) is 29.4 Å². The van der Waals surface area contributed by atoms with E-state index in [-0.39, 0.29) is 35.6 Å². The van der Waals surface area contributed by atoms with Gasteiger partial charge in [-0.1, -0.05) is 50.7 Å². The lowest BCUT2D eigenvalue weighted by Crippen LogP contribution is -2.36. The smallest absolute Gasteiger partial charge is 0.309 e. The molecule has 0 radical (unpaired) electrons. The van der Waals surface area contributed by atoms with Gasteiger partial charge in [0.2, 0.25) is 0 Å². The van der Waals surface area contributed by atoms with Crippen LogP contribution in [-0.2, 0) is 32.2 Å². The quantitative estimate of drug-likeness (QED) is 0.147. The molecule has 69 heavy (non-hydrogen) atoms. The van der Waals surface area contributed by atoms with Gasteiger partial charge in [-0.2, -0.15) is 0 Å². The Kier molecular flexibility index (Phi) is 18.3. The van der Waals surface area contributed by atoms with Crippen molar-refractivity contribution in [3.8, 4) is 11.5 Å². The third-order valence-corrected chi connectivity index (χ3v) is 16.8. The van der Waals surface area contributed by atoms with Gasteiger partial charge in [-0.05, 0) is 202 Å². The van der Waals surface area contributed by atoms with Crippen LogP contribution >= 0.6 is 0 Å². The van der Waals surface area contributed by atoms with Crippen LogP contribution in [0, 0.1) is 22.7 Å². The fourth-order valence-corrected chi connectivity index (χ4v) is 12.5. The molecule has 6 aliphatic rings. The number of nitrogens with zero attached hydrogens (tertiary/aromatic N) is 4. The van der Waals surface area contributed by atoms with E-state index in [4.69, 9.17) is 19.2 Å². The van der Waals surface area contributed by atoms with E-state index in [0.29, 0.717) is 30.1 Å².